The number of benzene rings is 3. The number of nitrogens with zero attached hydrogens (tertiary/aromatic N) is 1. The molecule has 3 rings (SSSR count). The minimum absolute atomic E-state index is 0.0873. The van der Waals surface area contributed by atoms with E-state index in [1.165, 1.54) is 23.8 Å². The highest BCUT2D eigenvalue weighted by Gasteiger charge is 2.18. The van der Waals surface area contributed by atoms with Crippen molar-refractivity contribution in [2.24, 2.45) is 0 Å². The number of nitro benzene ring substituents is 1. The molecule has 136 valence electrons. The average molecular weight is 363 g/mol. The van der Waals surface area contributed by atoms with Gasteiger partial charge < -0.3 is 9.47 Å². The normalized spacial score (nSPS) is 10.2. The van der Waals surface area contributed by atoms with E-state index in [2.05, 4.69) is 0 Å². The minimum atomic E-state index is -0.667. The van der Waals surface area contributed by atoms with Crippen LogP contribution in [-0.4, -0.2) is 17.5 Å². The molecule has 3 aromatic rings. The molecular formula is C21H17NO5. The fourth-order valence-corrected chi connectivity index (χ4v) is 2.47. The van der Waals surface area contributed by atoms with Crippen molar-refractivity contribution in [1.29, 1.82) is 0 Å². The van der Waals surface area contributed by atoms with Gasteiger partial charge in [0.1, 0.15) is 5.75 Å². The Morgan fingerprint density at radius 1 is 0.889 bits per heavy atom. The molecule has 27 heavy (non-hydrogen) atoms. The van der Waals surface area contributed by atoms with E-state index in [0.29, 0.717) is 12.4 Å². The van der Waals surface area contributed by atoms with Gasteiger partial charge in [0, 0.05) is 12.5 Å². The topological polar surface area (TPSA) is 78.7 Å². The largest absolute Gasteiger partial charge is 0.493 e. The van der Waals surface area contributed by atoms with E-state index in [1.54, 1.807) is 30.3 Å². The van der Waals surface area contributed by atoms with Gasteiger partial charge in [-0.1, -0.05) is 42.5 Å². The van der Waals surface area contributed by atoms with Crippen LogP contribution in [0, 0.1) is 10.1 Å². The van der Waals surface area contributed by atoms with E-state index >= 15 is 0 Å². The lowest BCUT2D eigenvalue weighted by atomic mass is 10.2. The molecule has 0 atom stereocenters. The molecule has 0 N–H and O–H groups in total. The van der Waals surface area contributed by atoms with Gasteiger partial charge in [-0.05, 0) is 35.9 Å². The van der Waals surface area contributed by atoms with Crippen molar-refractivity contribution in [3.63, 3.8) is 0 Å². The molecule has 0 aromatic heterocycles. The number of ether oxygens (including phenoxy) is 2. The van der Waals surface area contributed by atoms with Crippen LogP contribution in [-0.2, 0) is 6.42 Å². The molecule has 0 aliphatic carbocycles. The molecular weight excluding hydrogens is 346 g/mol. The van der Waals surface area contributed by atoms with Gasteiger partial charge in [0.2, 0.25) is 5.75 Å². The van der Waals surface area contributed by atoms with E-state index in [0.717, 1.165) is 6.42 Å². The van der Waals surface area contributed by atoms with Gasteiger partial charge >= 0.3 is 11.7 Å². The van der Waals surface area contributed by atoms with E-state index in [9.17, 15) is 14.9 Å². The summed E-state index contributed by atoms with van der Waals surface area (Å²) in [5.74, 6) is -0.121. The number of hydrogen-bond donors (Lipinski definition) is 0. The maximum atomic E-state index is 12.2. The van der Waals surface area contributed by atoms with Crippen molar-refractivity contribution in [3.05, 3.63) is 100 Å². The van der Waals surface area contributed by atoms with Gasteiger partial charge in [-0.2, -0.15) is 0 Å². The number of rotatable bonds is 7. The number of esters is 1. The summed E-state index contributed by atoms with van der Waals surface area (Å²) in [5, 5.41) is 11.0. The summed E-state index contributed by atoms with van der Waals surface area (Å²) in [6.45, 7) is 0.518. The lowest BCUT2D eigenvalue weighted by Gasteiger charge is -2.08. The van der Waals surface area contributed by atoms with E-state index in [1.807, 2.05) is 30.3 Å². The van der Waals surface area contributed by atoms with Crippen LogP contribution in [0.2, 0.25) is 0 Å². The molecule has 0 bridgehead atoms. The number of carbonyl (C=O) groups excluding carboxylic acids is 1. The lowest BCUT2D eigenvalue weighted by Crippen LogP contribution is -2.09. The van der Waals surface area contributed by atoms with Gasteiger partial charge in [0.25, 0.3) is 0 Å². The predicted molar refractivity (Wildman–Crippen MR) is 100 cm³/mol. The Balaban J connectivity index is 1.58. The monoisotopic (exact) mass is 363 g/mol. The summed E-state index contributed by atoms with van der Waals surface area (Å²) in [4.78, 5) is 22.6. The highest BCUT2D eigenvalue weighted by molar-refractivity contribution is 5.91. The van der Waals surface area contributed by atoms with Crippen LogP contribution in [0.4, 0.5) is 5.69 Å². The van der Waals surface area contributed by atoms with Crippen LogP contribution in [0.3, 0.4) is 0 Å². The van der Waals surface area contributed by atoms with Crippen molar-refractivity contribution in [3.8, 4) is 11.5 Å². The van der Waals surface area contributed by atoms with Crippen LogP contribution >= 0.6 is 0 Å². The van der Waals surface area contributed by atoms with Crippen LogP contribution in [0.1, 0.15) is 15.9 Å². The Morgan fingerprint density at radius 2 is 1.56 bits per heavy atom. The molecule has 6 heteroatoms. The number of nitro groups is 1. The number of para-hydroxylation sites is 2. The van der Waals surface area contributed by atoms with Crippen molar-refractivity contribution >= 4 is 11.7 Å². The zero-order valence-electron chi connectivity index (χ0n) is 14.4. The summed E-state index contributed by atoms with van der Waals surface area (Å²) in [5.41, 5.74) is 1.21. The Kier molecular flexibility index (Phi) is 5.79. The highest BCUT2D eigenvalue weighted by atomic mass is 16.6. The average Bonchev–Trinajstić information content (AvgIpc) is 2.69. The second kappa shape index (κ2) is 8.62. The Morgan fingerprint density at radius 3 is 2.26 bits per heavy atom. The molecule has 0 radical (unpaired) electrons. The molecule has 0 spiro atoms. The first-order valence-electron chi connectivity index (χ1n) is 8.36. The van der Waals surface area contributed by atoms with Crippen molar-refractivity contribution in [2.75, 3.05) is 6.61 Å². The molecule has 0 saturated heterocycles. The van der Waals surface area contributed by atoms with Gasteiger partial charge in [-0.15, -0.1) is 0 Å². The molecule has 0 fully saturated rings. The highest BCUT2D eigenvalue weighted by Crippen LogP contribution is 2.26. The first-order valence-corrected chi connectivity index (χ1v) is 8.36. The molecule has 3 aromatic carbocycles. The molecule has 0 heterocycles. The third-order valence-electron chi connectivity index (χ3n) is 3.86. The third kappa shape index (κ3) is 4.92. The van der Waals surface area contributed by atoms with Gasteiger partial charge in [0.15, 0.2) is 0 Å². The molecule has 6 nitrogen and oxygen atoms in total. The van der Waals surface area contributed by atoms with Crippen LogP contribution in [0.25, 0.3) is 0 Å². The van der Waals surface area contributed by atoms with E-state index < -0.39 is 10.9 Å². The van der Waals surface area contributed by atoms with Gasteiger partial charge in [0.05, 0.1) is 17.1 Å². The van der Waals surface area contributed by atoms with E-state index in [-0.39, 0.29) is 17.0 Å². The number of hydrogen-bond acceptors (Lipinski definition) is 5. The van der Waals surface area contributed by atoms with Crippen LogP contribution in [0.15, 0.2) is 78.9 Å². The maximum absolute atomic E-state index is 12.2. The summed E-state index contributed by atoms with van der Waals surface area (Å²) in [7, 11) is 0. The minimum Gasteiger partial charge on any atom is -0.493 e. The summed E-state index contributed by atoms with van der Waals surface area (Å²) in [6, 6.07) is 22.2. The predicted octanol–water partition coefficient (Wildman–Crippen LogP) is 4.44. The van der Waals surface area contributed by atoms with Crippen molar-refractivity contribution in [2.45, 2.75) is 6.42 Å². The molecule has 0 saturated carbocycles. The zero-order chi connectivity index (χ0) is 19.1. The van der Waals surface area contributed by atoms with Crippen molar-refractivity contribution < 1.29 is 19.2 Å². The molecule has 0 unspecified atom stereocenters. The van der Waals surface area contributed by atoms with E-state index in [4.69, 9.17) is 9.47 Å². The third-order valence-corrected chi connectivity index (χ3v) is 3.86. The second-order valence-corrected chi connectivity index (χ2v) is 5.72. The Labute approximate surface area is 156 Å². The fourth-order valence-electron chi connectivity index (χ4n) is 2.47. The quantitative estimate of drug-likeness (QED) is 0.268. The van der Waals surface area contributed by atoms with Crippen LogP contribution < -0.4 is 9.47 Å². The lowest BCUT2D eigenvalue weighted by molar-refractivity contribution is -0.385. The van der Waals surface area contributed by atoms with Crippen molar-refractivity contribution in [1.82, 2.24) is 0 Å². The molecule has 0 aliphatic rings. The molecule has 0 amide bonds. The van der Waals surface area contributed by atoms with Gasteiger partial charge in [-0.3, -0.25) is 10.1 Å². The first-order chi connectivity index (χ1) is 13.1. The molecule has 0 aliphatic heterocycles. The summed E-state index contributed by atoms with van der Waals surface area (Å²) in [6.07, 6.45) is 0.780. The second-order valence-electron chi connectivity index (χ2n) is 5.72. The zero-order valence-corrected chi connectivity index (χ0v) is 14.4. The van der Waals surface area contributed by atoms with Crippen LogP contribution in [0.5, 0.6) is 11.5 Å². The SMILES string of the molecule is O=C(Oc1ccccc1[N+](=O)[O-])c1ccc(OCCc2ccccc2)cc1. The van der Waals surface area contributed by atoms with Gasteiger partial charge in [-0.25, -0.2) is 4.79 Å². The Hall–Kier alpha value is -3.67. The Bertz CT molecular complexity index is 923. The smallest absolute Gasteiger partial charge is 0.343 e. The first kappa shape index (κ1) is 18.1. The standard InChI is InChI=1S/C21H17NO5/c23-21(27-20-9-5-4-8-19(20)22(24)25)17-10-12-18(13-11-17)26-15-14-16-6-2-1-3-7-16/h1-13H,14-15H2. The fraction of sp³-hybridized carbons (Fsp3) is 0.0952. The number of carbonyl (C=O) groups is 1. The summed E-state index contributed by atoms with van der Waals surface area (Å²) < 4.78 is 10.8. The maximum Gasteiger partial charge on any atom is 0.343 e. The summed E-state index contributed by atoms with van der Waals surface area (Å²) >= 11 is 0.